The summed E-state index contributed by atoms with van der Waals surface area (Å²) in [4.78, 5) is 0. The van der Waals surface area contributed by atoms with E-state index in [1.54, 1.807) is 0 Å². The zero-order chi connectivity index (χ0) is 12.5. The van der Waals surface area contributed by atoms with Gasteiger partial charge in [0.25, 0.3) is 0 Å². The fourth-order valence-corrected chi connectivity index (χ4v) is 2.14. The van der Waals surface area contributed by atoms with Crippen LogP contribution >= 0.6 is 0 Å². The summed E-state index contributed by atoms with van der Waals surface area (Å²) in [6.07, 6.45) is 2.56. The second-order valence-electron chi connectivity index (χ2n) is 4.16. The number of nitrogens with zero attached hydrogens (tertiary/aromatic N) is 1. The number of halogens is 3. The zero-order valence-corrected chi connectivity index (χ0v) is 9.46. The third-order valence-electron chi connectivity index (χ3n) is 2.84. The first kappa shape index (κ1) is 12.0. The minimum Gasteiger partial charge on any atom is -0.631 e. The van der Waals surface area contributed by atoms with Gasteiger partial charge in [0.1, 0.15) is 5.82 Å². The van der Waals surface area contributed by atoms with Crippen molar-refractivity contribution < 1.29 is 13.2 Å². The van der Waals surface area contributed by atoms with E-state index >= 15 is 0 Å². The summed E-state index contributed by atoms with van der Waals surface area (Å²) in [5.74, 6) is -1.61. The van der Waals surface area contributed by atoms with Crippen LogP contribution in [0.5, 0.6) is 0 Å². The molecule has 4 heteroatoms. The van der Waals surface area contributed by atoms with Crippen LogP contribution in [0.2, 0.25) is 0 Å². The van der Waals surface area contributed by atoms with E-state index in [4.69, 9.17) is 0 Å². The average molecular weight is 240 g/mol. The van der Waals surface area contributed by atoms with Gasteiger partial charge in [-0.05, 0) is 24.1 Å². The van der Waals surface area contributed by atoms with Gasteiger partial charge in [-0.3, -0.25) is 0 Å². The summed E-state index contributed by atoms with van der Waals surface area (Å²) in [6.45, 7) is 1.92. The molecular weight excluding hydrogens is 227 g/mol. The maximum atomic E-state index is 13.7. The van der Waals surface area contributed by atoms with Crippen molar-refractivity contribution in [3.8, 4) is 0 Å². The van der Waals surface area contributed by atoms with E-state index in [1.165, 1.54) is 24.4 Å². The lowest BCUT2D eigenvalue weighted by atomic mass is 9.89. The summed E-state index contributed by atoms with van der Waals surface area (Å²) >= 11 is 0. The summed E-state index contributed by atoms with van der Waals surface area (Å²) in [7, 11) is 0. The van der Waals surface area contributed by atoms with E-state index in [9.17, 15) is 13.2 Å². The highest BCUT2D eigenvalue weighted by Gasteiger charge is 2.37. The Bertz CT molecular complexity index is 440. The molecule has 0 saturated heterocycles. The highest BCUT2D eigenvalue weighted by Crippen LogP contribution is 2.49. The Hall–Kier alpha value is -1.45. The molecule has 0 aromatic heterocycles. The lowest BCUT2D eigenvalue weighted by molar-refractivity contribution is 0.0332. The predicted molar refractivity (Wildman–Crippen MR) is 60.4 cm³/mol. The molecule has 1 atom stereocenters. The van der Waals surface area contributed by atoms with Crippen LogP contribution in [0.25, 0.3) is 5.32 Å². The zero-order valence-electron chi connectivity index (χ0n) is 9.46. The molecule has 0 bridgehead atoms. The molecule has 1 aromatic rings. The van der Waals surface area contributed by atoms with Crippen molar-refractivity contribution >= 4 is 0 Å². The van der Waals surface area contributed by atoms with E-state index in [1.807, 2.05) is 6.92 Å². The summed E-state index contributed by atoms with van der Waals surface area (Å²) in [5, 5.41) is 3.24. The van der Waals surface area contributed by atoms with Crippen LogP contribution < -0.4 is 0 Å². The average Bonchev–Trinajstić information content (AvgIpc) is 2.54. The topological polar surface area (TPSA) is 14.1 Å². The van der Waals surface area contributed by atoms with Crippen molar-refractivity contribution in [1.82, 2.24) is 0 Å². The van der Waals surface area contributed by atoms with Gasteiger partial charge < -0.3 is 5.32 Å². The normalized spacial score (nSPS) is 22.1. The lowest BCUT2D eigenvalue weighted by Crippen LogP contribution is -2.21. The second-order valence-corrected chi connectivity index (χ2v) is 4.16. The van der Waals surface area contributed by atoms with Gasteiger partial charge in [0.15, 0.2) is 6.05 Å². The van der Waals surface area contributed by atoms with Gasteiger partial charge in [0.2, 0.25) is 0 Å². The third-order valence-corrected chi connectivity index (χ3v) is 2.84. The van der Waals surface area contributed by atoms with Crippen LogP contribution in [0.4, 0.5) is 13.2 Å². The maximum absolute atomic E-state index is 13.7. The summed E-state index contributed by atoms with van der Waals surface area (Å²) in [5.41, 5.74) is 0.860. The molecule has 92 valence electrons. The van der Waals surface area contributed by atoms with Crippen LogP contribution in [-0.4, -0.2) is 6.05 Å². The molecule has 0 radical (unpaired) electrons. The first-order chi connectivity index (χ1) is 8.04. The minimum absolute atomic E-state index is 0.288. The first-order valence-corrected chi connectivity index (χ1v) is 5.59. The quantitative estimate of drug-likeness (QED) is 0.687. The highest BCUT2D eigenvalue weighted by atomic mass is 19.3. The van der Waals surface area contributed by atoms with Gasteiger partial charge in [0.05, 0.1) is 5.92 Å². The highest BCUT2D eigenvalue weighted by molar-refractivity contribution is 5.41. The van der Waals surface area contributed by atoms with E-state index in [-0.39, 0.29) is 5.56 Å². The fourth-order valence-electron chi connectivity index (χ4n) is 2.14. The van der Waals surface area contributed by atoms with Crippen molar-refractivity contribution in [1.29, 1.82) is 0 Å². The molecule has 0 spiro atoms. The van der Waals surface area contributed by atoms with Gasteiger partial charge >= 0.3 is 0 Å². The predicted octanol–water partition coefficient (Wildman–Crippen LogP) is 4.57. The summed E-state index contributed by atoms with van der Waals surface area (Å²) in [6, 6.07) is 2.22. The van der Waals surface area contributed by atoms with Crippen LogP contribution in [0.15, 0.2) is 36.0 Å². The minimum atomic E-state index is -3.15. The second kappa shape index (κ2) is 4.43. The van der Waals surface area contributed by atoms with Crippen molar-refractivity contribution in [2.75, 3.05) is 0 Å². The number of alkyl halides is 2. The van der Waals surface area contributed by atoms with Crippen LogP contribution in [-0.2, 0) is 0 Å². The molecule has 1 aliphatic heterocycles. The molecule has 0 saturated carbocycles. The van der Waals surface area contributed by atoms with Crippen molar-refractivity contribution in [3.63, 3.8) is 0 Å². The Morgan fingerprint density at radius 3 is 2.76 bits per heavy atom. The lowest BCUT2D eigenvalue weighted by Gasteiger charge is -2.31. The molecule has 0 N–H and O–H groups in total. The molecule has 17 heavy (non-hydrogen) atoms. The molecule has 1 aliphatic rings. The summed E-state index contributed by atoms with van der Waals surface area (Å²) < 4.78 is 40.4. The molecule has 1 nitrogen and oxygen atoms in total. The number of benzene rings is 1. The molecule has 0 amide bonds. The van der Waals surface area contributed by atoms with Crippen molar-refractivity contribution in [2.45, 2.75) is 31.7 Å². The number of rotatable bonds is 3. The Labute approximate surface area is 98.3 Å². The smallest absolute Gasteiger partial charge is 0.199 e. The van der Waals surface area contributed by atoms with Crippen molar-refractivity contribution in [2.24, 2.45) is 0 Å². The van der Waals surface area contributed by atoms with E-state index in [0.29, 0.717) is 12.0 Å². The molecular formula is C13H13F3N-. The molecule has 0 fully saturated rings. The first-order valence-electron chi connectivity index (χ1n) is 5.59. The standard InChI is InChI=1S/C13H13F3N/c1-2-4-10-8-17-13(15,16)12(10)9-5-3-6-11(14)7-9/h3,5-8,12H,2,4H2,1H3/q-1. The van der Waals surface area contributed by atoms with E-state index in [0.717, 1.165) is 12.5 Å². The number of hydrogen-bond donors (Lipinski definition) is 0. The fraction of sp³-hybridized carbons (Fsp3) is 0.385. The van der Waals surface area contributed by atoms with Crippen LogP contribution in [0, 0.1) is 5.82 Å². The van der Waals surface area contributed by atoms with Gasteiger partial charge in [0, 0.05) is 0 Å². The van der Waals surface area contributed by atoms with Gasteiger partial charge in [-0.25, -0.2) is 13.2 Å². The SMILES string of the molecule is CCCC1=C[N-]C(F)(F)C1c1cccc(F)c1. The van der Waals surface area contributed by atoms with Gasteiger partial charge in [-0.2, -0.15) is 6.20 Å². The molecule has 1 unspecified atom stereocenters. The van der Waals surface area contributed by atoms with Gasteiger partial charge in [-0.1, -0.05) is 31.1 Å². The maximum Gasteiger partial charge on any atom is 0.199 e. The van der Waals surface area contributed by atoms with Crippen molar-refractivity contribution in [3.05, 3.63) is 52.7 Å². The Kier molecular flexibility index (Phi) is 3.13. The van der Waals surface area contributed by atoms with E-state index in [2.05, 4.69) is 5.32 Å². The Balaban J connectivity index is 2.36. The Morgan fingerprint density at radius 2 is 2.12 bits per heavy atom. The van der Waals surface area contributed by atoms with Crippen LogP contribution in [0.3, 0.4) is 0 Å². The molecule has 0 aliphatic carbocycles. The third kappa shape index (κ3) is 2.30. The Morgan fingerprint density at radius 1 is 1.35 bits per heavy atom. The monoisotopic (exact) mass is 240 g/mol. The molecule has 1 heterocycles. The van der Waals surface area contributed by atoms with Crippen LogP contribution in [0.1, 0.15) is 31.2 Å². The largest absolute Gasteiger partial charge is 0.631 e. The molecule has 2 rings (SSSR count). The van der Waals surface area contributed by atoms with E-state index < -0.39 is 17.8 Å². The number of hydrogen-bond acceptors (Lipinski definition) is 0. The molecule has 1 aromatic carbocycles. The van der Waals surface area contributed by atoms with Gasteiger partial charge in [-0.15, -0.1) is 0 Å².